The SMILES string of the molecule is CCc1c(-c2ccc3c(c2)cc(CN2CCNCC2)n3C)[nH]c(=O)c(C(=O)Oc2c(CC)c(-c3ccc4c(c3)cc(CN3C[C@@H](C)N(C)[C@@H](C)C3)n4C)[nH]c(=O)c2C(=O)O)c1O. The number of fused-ring (bicyclic) bond motifs is 2. The number of carbonyl (C=O) groups is 2. The normalized spacial score (nSPS) is 17.9. The second-order valence-electron chi connectivity index (χ2n) is 17.0. The molecule has 2 aromatic carbocycles. The quantitative estimate of drug-likeness (QED) is 0.110. The summed E-state index contributed by atoms with van der Waals surface area (Å²) in [6, 6.07) is 16.6. The largest absolute Gasteiger partial charge is 0.506 e. The number of hydrogen-bond acceptors (Lipinski definition) is 10. The van der Waals surface area contributed by atoms with E-state index in [9.17, 15) is 29.4 Å². The second-order valence-corrected chi connectivity index (χ2v) is 17.0. The highest BCUT2D eigenvalue weighted by Gasteiger charge is 2.31. The first-order chi connectivity index (χ1) is 29.7. The summed E-state index contributed by atoms with van der Waals surface area (Å²) in [5, 5.41) is 27.2. The number of aromatic carboxylic acids is 1. The first-order valence-corrected chi connectivity index (χ1v) is 21.5. The van der Waals surface area contributed by atoms with E-state index < -0.39 is 45.7 Å². The molecule has 2 aliphatic heterocycles. The average Bonchev–Trinajstić information content (AvgIpc) is 3.72. The van der Waals surface area contributed by atoms with Gasteiger partial charge in [0.1, 0.15) is 5.75 Å². The van der Waals surface area contributed by atoms with Crippen LogP contribution in [0.3, 0.4) is 0 Å². The minimum Gasteiger partial charge on any atom is -0.506 e. The number of carboxylic acids is 1. The van der Waals surface area contributed by atoms with Crippen LogP contribution in [0.5, 0.6) is 11.5 Å². The molecule has 0 amide bonds. The lowest BCUT2D eigenvalue weighted by Crippen LogP contribution is -2.54. The summed E-state index contributed by atoms with van der Waals surface area (Å²) in [6.45, 7) is 15.3. The van der Waals surface area contributed by atoms with Crippen molar-refractivity contribution in [1.82, 2.24) is 39.1 Å². The van der Waals surface area contributed by atoms with Gasteiger partial charge in [-0.05, 0) is 81.3 Å². The van der Waals surface area contributed by atoms with Crippen LogP contribution in [0, 0.1) is 0 Å². The van der Waals surface area contributed by atoms with E-state index in [0.717, 1.165) is 85.6 Å². The van der Waals surface area contributed by atoms with Gasteiger partial charge in [0.15, 0.2) is 16.9 Å². The van der Waals surface area contributed by atoms with Gasteiger partial charge in [-0.1, -0.05) is 26.0 Å². The maximum atomic E-state index is 14.1. The second kappa shape index (κ2) is 17.0. The number of ether oxygens (including phenoxy) is 1. The van der Waals surface area contributed by atoms with E-state index in [2.05, 4.69) is 72.1 Å². The number of aromatic nitrogens is 4. The maximum absolute atomic E-state index is 14.1. The Morgan fingerprint density at radius 3 is 1.74 bits per heavy atom. The number of nitrogens with one attached hydrogen (secondary N) is 3. The summed E-state index contributed by atoms with van der Waals surface area (Å²) in [7, 11) is 6.22. The number of piperazine rings is 2. The van der Waals surface area contributed by atoms with Gasteiger partial charge in [0.2, 0.25) is 0 Å². The van der Waals surface area contributed by atoms with Crippen molar-refractivity contribution in [2.24, 2.45) is 14.1 Å². The Kier molecular flexibility index (Phi) is 11.7. The van der Waals surface area contributed by atoms with Gasteiger partial charge in [0, 0.05) is 123 Å². The zero-order valence-corrected chi connectivity index (χ0v) is 36.5. The Labute approximate surface area is 359 Å². The van der Waals surface area contributed by atoms with Crippen molar-refractivity contribution in [3.63, 3.8) is 0 Å². The number of benzene rings is 2. The average molecular weight is 845 g/mol. The molecule has 6 aromatic rings. The van der Waals surface area contributed by atoms with Crippen LogP contribution in [0.25, 0.3) is 44.3 Å². The molecular weight excluding hydrogens is 789 g/mol. The molecule has 5 N–H and O–H groups in total. The van der Waals surface area contributed by atoms with Crippen molar-refractivity contribution < 1.29 is 24.5 Å². The number of hydrogen-bond donors (Lipinski definition) is 5. The molecule has 0 radical (unpaired) electrons. The summed E-state index contributed by atoms with van der Waals surface area (Å²) in [5.74, 6) is -3.95. The molecule has 4 aromatic heterocycles. The van der Waals surface area contributed by atoms with Crippen LogP contribution in [-0.2, 0) is 40.0 Å². The fraction of sp³-hybridized carbons (Fsp3) is 0.404. The van der Waals surface area contributed by atoms with E-state index >= 15 is 0 Å². The van der Waals surface area contributed by atoms with Crippen molar-refractivity contribution in [3.05, 3.63) is 103 Å². The van der Waals surface area contributed by atoms with Gasteiger partial charge >= 0.3 is 11.9 Å². The Bertz CT molecular complexity index is 2830. The summed E-state index contributed by atoms with van der Waals surface area (Å²) in [6.07, 6.45) is 0.402. The lowest BCUT2D eigenvalue weighted by molar-refractivity contribution is 0.0545. The number of aromatic hydroxyl groups is 1. The Balaban J connectivity index is 1.12. The molecular formula is C47H56N8O7. The molecule has 2 aliphatic rings. The fourth-order valence-corrected chi connectivity index (χ4v) is 9.46. The lowest BCUT2D eigenvalue weighted by atomic mass is 9.99. The number of H-pyrrole nitrogens is 2. The van der Waals surface area contributed by atoms with Crippen molar-refractivity contribution >= 4 is 33.7 Å². The number of aryl methyl sites for hydroxylation is 2. The maximum Gasteiger partial charge on any atom is 0.353 e. The number of rotatable bonds is 11. The minimum absolute atomic E-state index is 0.160. The van der Waals surface area contributed by atoms with Crippen molar-refractivity contribution in [1.29, 1.82) is 0 Å². The van der Waals surface area contributed by atoms with Crippen LogP contribution in [0.15, 0.2) is 58.1 Å². The summed E-state index contributed by atoms with van der Waals surface area (Å²) >= 11 is 0. The predicted octanol–water partition coefficient (Wildman–Crippen LogP) is 5.06. The monoisotopic (exact) mass is 844 g/mol. The zero-order valence-electron chi connectivity index (χ0n) is 36.5. The van der Waals surface area contributed by atoms with Crippen LogP contribution in [0.2, 0.25) is 0 Å². The Morgan fingerprint density at radius 2 is 1.23 bits per heavy atom. The van der Waals surface area contributed by atoms with E-state index in [1.54, 1.807) is 13.8 Å². The molecule has 2 fully saturated rings. The lowest BCUT2D eigenvalue weighted by Gasteiger charge is -2.42. The van der Waals surface area contributed by atoms with E-state index in [0.29, 0.717) is 34.5 Å². The molecule has 0 saturated carbocycles. The van der Waals surface area contributed by atoms with Gasteiger partial charge in [-0.3, -0.25) is 24.3 Å². The molecule has 6 heterocycles. The van der Waals surface area contributed by atoms with Crippen LogP contribution in [0.4, 0.5) is 0 Å². The third kappa shape index (κ3) is 7.74. The molecule has 62 heavy (non-hydrogen) atoms. The van der Waals surface area contributed by atoms with Gasteiger partial charge < -0.3 is 39.4 Å². The number of pyridine rings is 2. The summed E-state index contributed by atoms with van der Waals surface area (Å²) in [5.41, 5.74) is 3.34. The molecule has 0 bridgehead atoms. The Morgan fingerprint density at radius 1 is 0.726 bits per heavy atom. The zero-order chi connectivity index (χ0) is 44.1. The summed E-state index contributed by atoms with van der Waals surface area (Å²) < 4.78 is 10.1. The highest BCUT2D eigenvalue weighted by atomic mass is 16.5. The molecule has 15 nitrogen and oxygen atoms in total. The summed E-state index contributed by atoms with van der Waals surface area (Å²) in [4.78, 5) is 66.9. The van der Waals surface area contributed by atoms with Crippen LogP contribution >= 0.6 is 0 Å². The van der Waals surface area contributed by atoms with E-state index in [4.69, 9.17) is 4.74 Å². The van der Waals surface area contributed by atoms with Crippen molar-refractivity contribution in [2.75, 3.05) is 46.3 Å². The van der Waals surface area contributed by atoms with Crippen LogP contribution in [-0.4, -0.2) is 114 Å². The first kappa shape index (κ1) is 42.7. The highest BCUT2D eigenvalue weighted by molar-refractivity contribution is 5.99. The molecule has 15 heteroatoms. The minimum atomic E-state index is -1.61. The number of aromatic amines is 2. The molecule has 0 aliphatic carbocycles. The third-order valence-corrected chi connectivity index (χ3v) is 13.2. The number of likely N-dealkylation sites (N-methyl/N-ethyl adjacent to an activating group) is 1. The third-order valence-electron chi connectivity index (χ3n) is 13.2. The smallest absolute Gasteiger partial charge is 0.353 e. The number of carboxylic acid groups (broad SMARTS) is 1. The van der Waals surface area contributed by atoms with Gasteiger partial charge in [0.05, 0.1) is 11.4 Å². The first-order valence-electron chi connectivity index (χ1n) is 21.5. The van der Waals surface area contributed by atoms with Gasteiger partial charge in [-0.25, -0.2) is 9.59 Å². The van der Waals surface area contributed by atoms with Gasteiger partial charge in [-0.2, -0.15) is 0 Å². The molecule has 0 spiro atoms. The van der Waals surface area contributed by atoms with Gasteiger partial charge in [-0.15, -0.1) is 0 Å². The Hall–Kier alpha value is -6.00. The van der Waals surface area contributed by atoms with Crippen molar-refractivity contribution in [3.8, 4) is 34.0 Å². The number of esters is 1. The predicted molar refractivity (Wildman–Crippen MR) is 240 cm³/mol. The molecule has 8 rings (SSSR count). The molecule has 0 unspecified atom stereocenters. The number of carbonyl (C=O) groups excluding carboxylic acids is 1. The van der Waals surface area contributed by atoms with Gasteiger partial charge in [0.25, 0.3) is 11.1 Å². The molecule has 2 saturated heterocycles. The van der Waals surface area contributed by atoms with E-state index in [1.807, 2.05) is 50.5 Å². The van der Waals surface area contributed by atoms with E-state index in [-0.39, 0.29) is 24.1 Å². The number of nitrogens with zero attached hydrogens (tertiary/aromatic N) is 5. The topological polar surface area (TPSA) is 181 Å². The van der Waals surface area contributed by atoms with Crippen LogP contribution in [0.1, 0.15) is 70.9 Å². The molecule has 2 atom stereocenters. The van der Waals surface area contributed by atoms with Crippen LogP contribution < -0.4 is 21.2 Å². The molecule has 326 valence electrons. The fourth-order valence-electron chi connectivity index (χ4n) is 9.46. The van der Waals surface area contributed by atoms with Crippen molar-refractivity contribution in [2.45, 2.75) is 65.7 Å². The standard InChI is InChI=1S/C47H56N8O7/c1-8-34-40(28-10-12-36-30(18-28)20-32(52(36)6)24-54-16-14-48-15-17-54)49-44(57)38(42(34)56)47(61)62-43-35(9-2)41(50-45(58)39(43)46(59)60)29-11-13-37-31(19-29)21-33(53(37)7)25-55-22-26(3)51(5)27(4)23-55/h10-13,18-21,26-27,48H,8-9,14-17,22-25H2,1-7H3,(H,50,58)(H,59,60)(H2,49,56,57)/t26-,27+. The highest BCUT2D eigenvalue weighted by Crippen LogP contribution is 2.36. The van der Waals surface area contributed by atoms with E-state index in [1.165, 1.54) is 0 Å².